The van der Waals surface area contributed by atoms with E-state index in [-0.39, 0.29) is 5.82 Å². The summed E-state index contributed by atoms with van der Waals surface area (Å²) in [4.78, 5) is 15.1. The average molecular weight is 254 g/mol. The molecule has 2 heterocycles. The van der Waals surface area contributed by atoms with Crippen LogP contribution in [-0.4, -0.2) is 33.5 Å². The molecule has 7 nitrogen and oxygen atoms in total. The molecule has 0 saturated carbocycles. The summed E-state index contributed by atoms with van der Waals surface area (Å²) in [5, 5.41) is 18.6. The highest BCUT2D eigenvalue weighted by atomic mass is 19.1. The maximum atomic E-state index is 12.6. The van der Waals surface area contributed by atoms with Gasteiger partial charge in [0.25, 0.3) is 0 Å². The van der Waals surface area contributed by atoms with Crippen molar-refractivity contribution in [1.29, 1.82) is 5.26 Å². The van der Waals surface area contributed by atoms with Crippen molar-refractivity contribution in [3.63, 3.8) is 0 Å². The van der Waals surface area contributed by atoms with Crippen molar-refractivity contribution in [3.8, 4) is 6.07 Å². The first-order valence-electron chi connectivity index (χ1n) is 5.22. The summed E-state index contributed by atoms with van der Waals surface area (Å²) in [6.07, 6.45) is -2.17. The standard InChI is InChI=1S/C10H11FN4O3/c11-3-6-8(16)5(4-12)9(18-6)15-2-1-7(13)14-10(15)17/h1-2,5-6,8-9,16H,3H2,(H2,13,14,17)/t5-,6-,8+,9-/m1/s1. The van der Waals surface area contributed by atoms with Gasteiger partial charge in [-0.05, 0) is 6.07 Å². The van der Waals surface area contributed by atoms with Crippen molar-refractivity contribution in [2.24, 2.45) is 5.92 Å². The lowest BCUT2D eigenvalue weighted by Gasteiger charge is -2.15. The monoisotopic (exact) mass is 254 g/mol. The number of aliphatic hydroxyl groups excluding tert-OH is 1. The minimum atomic E-state index is -1.28. The molecule has 8 heteroatoms. The number of halogens is 1. The molecule has 0 amide bonds. The first-order valence-corrected chi connectivity index (χ1v) is 5.22. The molecule has 0 unspecified atom stereocenters. The first kappa shape index (κ1) is 12.5. The Morgan fingerprint density at radius 1 is 1.72 bits per heavy atom. The Labute approximate surface area is 101 Å². The average Bonchev–Trinajstić information content (AvgIpc) is 2.65. The van der Waals surface area contributed by atoms with E-state index in [9.17, 15) is 14.3 Å². The number of nitrogens with two attached hydrogens (primary N) is 1. The SMILES string of the molecule is N#C[C@@H]1[C@H](O)[C@@H](CF)O[C@H]1n1ccc(N)nc1=O. The normalized spacial score (nSPS) is 31.2. The van der Waals surface area contributed by atoms with Crippen LogP contribution in [0, 0.1) is 17.2 Å². The highest BCUT2D eigenvalue weighted by Crippen LogP contribution is 2.33. The molecular weight excluding hydrogens is 243 g/mol. The Balaban J connectivity index is 2.39. The molecule has 2 rings (SSSR count). The van der Waals surface area contributed by atoms with Crippen molar-refractivity contribution in [2.75, 3.05) is 12.4 Å². The van der Waals surface area contributed by atoms with Crippen LogP contribution < -0.4 is 11.4 Å². The van der Waals surface area contributed by atoms with Crippen LogP contribution in [0.4, 0.5) is 10.2 Å². The van der Waals surface area contributed by atoms with Crippen molar-refractivity contribution < 1.29 is 14.2 Å². The molecule has 1 aliphatic heterocycles. The van der Waals surface area contributed by atoms with Gasteiger partial charge < -0.3 is 15.6 Å². The molecule has 0 spiro atoms. The molecule has 96 valence electrons. The van der Waals surface area contributed by atoms with E-state index in [0.29, 0.717) is 0 Å². The number of nitriles is 1. The fourth-order valence-electron chi connectivity index (χ4n) is 1.87. The number of alkyl halides is 1. The number of aliphatic hydroxyl groups is 1. The van der Waals surface area contributed by atoms with Crippen LogP contribution in [0.25, 0.3) is 0 Å². The molecule has 0 bridgehead atoms. The van der Waals surface area contributed by atoms with Crippen LogP contribution >= 0.6 is 0 Å². The van der Waals surface area contributed by atoms with Crippen LogP contribution in [-0.2, 0) is 4.74 Å². The maximum absolute atomic E-state index is 12.6. The smallest absolute Gasteiger partial charge is 0.351 e. The Kier molecular flexibility index (Phi) is 3.27. The van der Waals surface area contributed by atoms with E-state index in [1.807, 2.05) is 6.07 Å². The zero-order valence-corrected chi connectivity index (χ0v) is 9.23. The van der Waals surface area contributed by atoms with Gasteiger partial charge in [-0.1, -0.05) is 0 Å². The Hall–Kier alpha value is -1.98. The minimum absolute atomic E-state index is 0.0327. The molecule has 1 fully saturated rings. The lowest BCUT2D eigenvalue weighted by atomic mass is 10.0. The quantitative estimate of drug-likeness (QED) is 0.713. The molecule has 18 heavy (non-hydrogen) atoms. The zero-order chi connectivity index (χ0) is 13.3. The third kappa shape index (κ3) is 1.94. The molecule has 1 aromatic heterocycles. The van der Waals surface area contributed by atoms with Gasteiger partial charge in [0.15, 0.2) is 6.23 Å². The molecule has 0 aliphatic carbocycles. The lowest BCUT2D eigenvalue weighted by Crippen LogP contribution is -2.31. The second-order valence-electron chi connectivity index (χ2n) is 3.91. The van der Waals surface area contributed by atoms with Gasteiger partial charge in [-0.15, -0.1) is 0 Å². The summed E-state index contributed by atoms with van der Waals surface area (Å²) in [5.74, 6) is -1.00. The van der Waals surface area contributed by atoms with E-state index < -0.39 is 36.7 Å². The number of hydrogen-bond acceptors (Lipinski definition) is 6. The number of aromatic nitrogens is 2. The van der Waals surface area contributed by atoms with Gasteiger partial charge in [0.2, 0.25) is 0 Å². The molecule has 3 N–H and O–H groups in total. The summed E-state index contributed by atoms with van der Waals surface area (Å²) in [6, 6.07) is 3.16. The van der Waals surface area contributed by atoms with Crippen LogP contribution in [0.5, 0.6) is 0 Å². The summed E-state index contributed by atoms with van der Waals surface area (Å²) >= 11 is 0. The molecule has 0 aromatic carbocycles. The van der Waals surface area contributed by atoms with Crippen molar-refractivity contribution in [1.82, 2.24) is 9.55 Å². The van der Waals surface area contributed by atoms with E-state index in [2.05, 4.69) is 4.98 Å². The number of ether oxygens (including phenoxy) is 1. The second kappa shape index (κ2) is 4.72. The Morgan fingerprint density at radius 2 is 2.44 bits per heavy atom. The number of hydrogen-bond donors (Lipinski definition) is 2. The van der Waals surface area contributed by atoms with Crippen LogP contribution in [0.1, 0.15) is 6.23 Å². The van der Waals surface area contributed by atoms with Gasteiger partial charge in [0.05, 0.1) is 6.07 Å². The van der Waals surface area contributed by atoms with Crippen molar-refractivity contribution >= 4 is 5.82 Å². The zero-order valence-electron chi connectivity index (χ0n) is 9.23. The topological polar surface area (TPSA) is 114 Å². The van der Waals surface area contributed by atoms with Gasteiger partial charge in [0, 0.05) is 6.20 Å². The van der Waals surface area contributed by atoms with E-state index in [4.69, 9.17) is 15.7 Å². The molecule has 0 radical (unpaired) electrons. The number of rotatable bonds is 2. The first-order chi connectivity index (χ1) is 8.58. The minimum Gasteiger partial charge on any atom is -0.389 e. The molecule has 1 aromatic rings. The molecule has 1 saturated heterocycles. The van der Waals surface area contributed by atoms with Crippen LogP contribution in [0.15, 0.2) is 17.1 Å². The third-order valence-corrected chi connectivity index (χ3v) is 2.80. The molecular formula is C10H11FN4O3. The summed E-state index contributed by atoms with van der Waals surface area (Å²) in [7, 11) is 0. The Morgan fingerprint density at radius 3 is 3.00 bits per heavy atom. The fourth-order valence-corrected chi connectivity index (χ4v) is 1.87. The van der Waals surface area contributed by atoms with Crippen molar-refractivity contribution in [2.45, 2.75) is 18.4 Å². The van der Waals surface area contributed by atoms with E-state index in [1.54, 1.807) is 0 Å². The summed E-state index contributed by atoms with van der Waals surface area (Å²) in [5.41, 5.74) is 4.62. The van der Waals surface area contributed by atoms with E-state index >= 15 is 0 Å². The number of nitrogen functional groups attached to an aromatic ring is 1. The molecule has 1 aliphatic rings. The summed E-state index contributed by atoms with van der Waals surface area (Å²) < 4.78 is 18.8. The highest BCUT2D eigenvalue weighted by molar-refractivity contribution is 5.23. The van der Waals surface area contributed by atoms with Gasteiger partial charge in [-0.2, -0.15) is 10.2 Å². The van der Waals surface area contributed by atoms with E-state index in [1.165, 1.54) is 12.3 Å². The number of anilines is 1. The Bertz CT molecular complexity index is 541. The van der Waals surface area contributed by atoms with Crippen LogP contribution in [0.3, 0.4) is 0 Å². The van der Waals surface area contributed by atoms with Gasteiger partial charge in [0.1, 0.15) is 30.6 Å². The second-order valence-corrected chi connectivity index (χ2v) is 3.91. The summed E-state index contributed by atoms with van der Waals surface area (Å²) in [6.45, 7) is -0.938. The predicted molar refractivity (Wildman–Crippen MR) is 57.9 cm³/mol. The maximum Gasteiger partial charge on any atom is 0.351 e. The largest absolute Gasteiger partial charge is 0.389 e. The van der Waals surface area contributed by atoms with Crippen molar-refractivity contribution in [3.05, 3.63) is 22.7 Å². The van der Waals surface area contributed by atoms with E-state index in [0.717, 1.165) is 4.57 Å². The highest BCUT2D eigenvalue weighted by Gasteiger charge is 2.45. The third-order valence-electron chi connectivity index (χ3n) is 2.80. The van der Waals surface area contributed by atoms with Gasteiger partial charge in [-0.3, -0.25) is 4.57 Å². The lowest BCUT2D eigenvalue weighted by molar-refractivity contribution is -0.0326. The van der Waals surface area contributed by atoms with Gasteiger partial charge >= 0.3 is 5.69 Å². The van der Waals surface area contributed by atoms with Gasteiger partial charge in [-0.25, -0.2) is 9.18 Å². The fraction of sp³-hybridized carbons (Fsp3) is 0.500. The van der Waals surface area contributed by atoms with Crippen LogP contribution in [0.2, 0.25) is 0 Å². The predicted octanol–water partition coefficient (Wildman–Crippen LogP) is -0.807. The molecule has 4 atom stereocenters. The number of nitrogens with zero attached hydrogens (tertiary/aromatic N) is 3.